The molecule has 0 atom stereocenters. The first kappa shape index (κ1) is 14.8. The van der Waals surface area contributed by atoms with Crippen LogP contribution in [0, 0.1) is 5.41 Å². The Hall–Kier alpha value is -0.190. The van der Waals surface area contributed by atoms with Crippen LogP contribution in [0.5, 0.6) is 0 Å². The van der Waals surface area contributed by atoms with E-state index >= 15 is 0 Å². The summed E-state index contributed by atoms with van der Waals surface area (Å²) in [6, 6.07) is 0. The summed E-state index contributed by atoms with van der Waals surface area (Å²) in [4.78, 5) is 12.9. The lowest BCUT2D eigenvalue weighted by atomic mass is 9.91. The van der Waals surface area contributed by atoms with Crippen LogP contribution in [-0.2, 0) is 4.79 Å². The minimum Gasteiger partial charge on any atom is -0.336 e. The first-order valence-corrected chi connectivity index (χ1v) is 6.00. The zero-order valence-electron chi connectivity index (χ0n) is 9.40. The van der Waals surface area contributed by atoms with E-state index in [9.17, 15) is 13.6 Å². The van der Waals surface area contributed by atoms with E-state index in [1.54, 1.807) is 0 Å². The van der Waals surface area contributed by atoms with Gasteiger partial charge in [-0.3, -0.25) is 4.79 Å². The maximum absolute atomic E-state index is 12.2. The van der Waals surface area contributed by atoms with E-state index in [2.05, 4.69) is 15.9 Å². The Kier molecular flexibility index (Phi) is 6.32. The van der Waals surface area contributed by atoms with Gasteiger partial charge in [0.25, 0.3) is 6.43 Å². The van der Waals surface area contributed by atoms with Gasteiger partial charge in [-0.2, -0.15) is 0 Å². The molecule has 15 heavy (non-hydrogen) atoms. The number of halogens is 3. The van der Waals surface area contributed by atoms with Crippen LogP contribution in [0.2, 0.25) is 0 Å². The maximum Gasteiger partial charge on any atom is 0.255 e. The molecule has 0 saturated carbocycles. The van der Waals surface area contributed by atoms with Gasteiger partial charge < -0.3 is 4.90 Å². The molecule has 90 valence electrons. The molecule has 0 unspecified atom stereocenters. The number of alkyl halides is 3. The molecule has 0 aromatic heterocycles. The van der Waals surface area contributed by atoms with Crippen molar-refractivity contribution in [2.24, 2.45) is 5.41 Å². The third-order valence-corrected chi connectivity index (χ3v) is 2.10. The second kappa shape index (κ2) is 6.40. The number of amides is 1. The van der Waals surface area contributed by atoms with E-state index in [-0.39, 0.29) is 11.3 Å². The molecule has 0 aromatic carbocycles. The molecule has 0 rings (SSSR count). The minimum atomic E-state index is -2.46. The van der Waals surface area contributed by atoms with Crippen molar-refractivity contribution >= 4 is 21.8 Å². The van der Waals surface area contributed by atoms with Crippen LogP contribution in [-0.4, -0.2) is 35.7 Å². The second-order valence-corrected chi connectivity index (χ2v) is 5.45. The highest BCUT2D eigenvalue weighted by atomic mass is 79.9. The third kappa shape index (κ3) is 7.71. The summed E-state index contributed by atoms with van der Waals surface area (Å²) in [5.74, 6) is -0.206. The fourth-order valence-corrected chi connectivity index (χ4v) is 1.58. The largest absolute Gasteiger partial charge is 0.336 e. The van der Waals surface area contributed by atoms with Crippen LogP contribution in [0.1, 0.15) is 27.2 Å². The van der Waals surface area contributed by atoms with E-state index in [1.165, 1.54) is 4.90 Å². The van der Waals surface area contributed by atoms with Crippen LogP contribution in [0.15, 0.2) is 0 Å². The quantitative estimate of drug-likeness (QED) is 0.712. The number of rotatable bonds is 5. The average molecular weight is 286 g/mol. The van der Waals surface area contributed by atoms with Crippen molar-refractivity contribution in [3.05, 3.63) is 0 Å². The van der Waals surface area contributed by atoms with Gasteiger partial charge >= 0.3 is 0 Å². The van der Waals surface area contributed by atoms with Gasteiger partial charge in [0, 0.05) is 18.3 Å². The molecular weight excluding hydrogens is 268 g/mol. The first-order chi connectivity index (χ1) is 6.76. The van der Waals surface area contributed by atoms with Crippen LogP contribution < -0.4 is 0 Å². The Morgan fingerprint density at radius 3 is 2.27 bits per heavy atom. The van der Waals surface area contributed by atoms with Gasteiger partial charge in [-0.05, 0) is 5.41 Å². The van der Waals surface area contributed by atoms with Crippen molar-refractivity contribution in [1.82, 2.24) is 4.90 Å². The molecule has 0 N–H and O–H groups in total. The van der Waals surface area contributed by atoms with E-state index < -0.39 is 13.0 Å². The summed E-state index contributed by atoms with van der Waals surface area (Å²) in [5.41, 5.74) is -0.163. The lowest BCUT2D eigenvalue weighted by Crippen LogP contribution is -2.38. The average Bonchev–Trinajstić information content (AvgIpc) is 1.99. The zero-order chi connectivity index (χ0) is 12.1. The monoisotopic (exact) mass is 285 g/mol. The van der Waals surface area contributed by atoms with Gasteiger partial charge in [0.1, 0.15) is 0 Å². The number of carbonyl (C=O) groups excluding carboxylic acids is 1. The van der Waals surface area contributed by atoms with E-state index in [1.807, 2.05) is 20.8 Å². The maximum atomic E-state index is 12.2. The lowest BCUT2D eigenvalue weighted by molar-refractivity contribution is -0.134. The van der Waals surface area contributed by atoms with Crippen LogP contribution >= 0.6 is 15.9 Å². The van der Waals surface area contributed by atoms with Crippen molar-refractivity contribution in [2.45, 2.75) is 33.6 Å². The molecule has 1 amide bonds. The predicted octanol–water partition coefficient (Wildman–Crippen LogP) is 2.91. The van der Waals surface area contributed by atoms with Gasteiger partial charge in [0.15, 0.2) is 0 Å². The number of hydrogen-bond donors (Lipinski definition) is 0. The van der Waals surface area contributed by atoms with E-state index in [0.29, 0.717) is 18.3 Å². The predicted molar refractivity (Wildman–Crippen MR) is 60.5 cm³/mol. The Bertz CT molecular complexity index is 204. The van der Waals surface area contributed by atoms with Gasteiger partial charge in [0.2, 0.25) is 5.91 Å². The summed E-state index contributed by atoms with van der Waals surface area (Å²) in [6.07, 6.45) is -2.17. The Balaban J connectivity index is 4.28. The summed E-state index contributed by atoms with van der Waals surface area (Å²) >= 11 is 3.15. The van der Waals surface area contributed by atoms with Gasteiger partial charge in [-0.1, -0.05) is 36.7 Å². The standard InChI is InChI=1S/C10H18BrF2NO/c1-10(2,3)6-9(15)14(5-4-11)7-8(12)13/h8H,4-7H2,1-3H3. The zero-order valence-corrected chi connectivity index (χ0v) is 11.0. The Labute approximate surface area is 98.1 Å². The third-order valence-electron chi connectivity index (χ3n) is 1.75. The first-order valence-electron chi connectivity index (χ1n) is 4.88. The van der Waals surface area contributed by atoms with Gasteiger partial charge in [0.05, 0.1) is 6.54 Å². The smallest absolute Gasteiger partial charge is 0.255 e. The number of carbonyl (C=O) groups is 1. The van der Waals surface area contributed by atoms with Crippen molar-refractivity contribution < 1.29 is 13.6 Å². The topological polar surface area (TPSA) is 20.3 Å². The number of hydrogen-bond acceptors (Lipinski definition) is 1. The van der Waals surface area contributed by atoms with E-state index in [4.69, 9.17) is 0 Å². The number of nitrogens with zero attached hydrogens (tertiary/aromatic N) is 1. The molecule has 0 bridgehead atoms. The Morgan fingerprint density at radius 2 is 1.93 bits per heavy atom. The van der Waals surface area contributed by atoms with Crippen LogP contribution in [0.4, 0.5) is 8.78 Å². The SMILES string of the molecule is CC(C)(C)CC(=O)N(CCBr)CC(F)F. The van der Waals surface area contributed by atoms with Gasteiger partial charge in [-0.15, -0.1) is 0 Å². The molecule has 2 nitrogen and oxygen atoms in total. The summed E-state index contributed by atoms with van der Waals surface area (Å²) < 4.78 is 24.4. The highest BCUT2D eigenvalue weighted by Crippen LogP contribution is 2.20. The van der Waals surface area contributed by atoms with Crippen LogP contribution in [0.3, 0.4) is 0 Å². The molecule has 0 aliphatic rings. The van der Waals surface area contributed by atoms with Crippen molar-refractivity contribution in [3.8, 4) is 0 Å². The highest BCUT2D eigenvalue weighted by molar-refractivity contribution is 9.09. The molecule has 0 radical (unpaired) electrons. The molecule has 0 aliphatic heterocycles. The molecule has 0 saturated heterocycles. The lowest BCUT2D eigenvalue weighted by Gasteiger charge is -2.25. The normalized spacial score (nSPS) is 11.9. The Morgan fingerprint density at radius 1 is 1.40 bits per heavy atom. The second-order valence-electron chi connectivity index (χ2n) is 4.66. The highest BCUT2D eigenvalue weighted by Gasteiger charge is 2.22. The molecule has 0 fully saturated rings. The summed E-state index contributed by atoms with van der Waals surface area (Å²) in [5, 5.41) is 0.523. The van der Waals surface area contributed by atoms with E-state index in [0.717, 1.165) is 0 Å². The molecule has 0 spiro atoms. The molecule has 0 aliphatic carbocycles. The molecule has 0 aromatic rings. The summed E-state index contributed by atoms with van der Waals surface area (Å²) in [7, 11) is 0. The van der Waals surface area contributed by atoms with Crippen molar-refractivity contribution in [3.63, 3.8) is 0 Å². The summed E-state index contributed by atoms with van der Waals surface area (Å²) in [6.45, 7) is 5.61. The van der Waals surface area contributed by atoms with Gasteiger partial charge in [-0.25, -0.2) is 8.78 Å². The fourth-order valence-electron chi connectivity index (χ4n) is 1.15. The van der Waals surface area contributed by atoms with Crippen molar-refractivity contribution in [2.75, 3.05) is 18.4 Å². The molecular formula is C10H18BrF2NO. The van der Waals surface area contributed by atoms with Crippen molar-refractivity contribution in [1.29, 1.82) is 0 Å². The molecule has 5 heteroatoms. The molecule has 0 heterocycles. The minimum absolute atomic E-state index is 0.163. The fraction of sp³-hybridized carbons (Fsp3) is 0.900. The van der Waals surface area contributed by atoms with Crippen LogP contribution in [0.25, 0.3) is 0 Å².